The number of benzene rings is 2. The first-order valence-electron chi connectivity index (χ1n) is 10.1. The van der Waals surface area contributed by atoms with Gasteiger partial charge >= 0.3 is 30.1 Å². The van der Waals surface area contributed by atoms with Crippen molar-refractivity contribution in [2.24, 2.45) is 16.5 Å². The first-order valence-corrected chi connectivity index (χ1v) is 10.1. The number of ether oxygens (including phenoxy) is 1. The van der Waals surface area contributed by atoms with Crippen LogP contribution in [0.5, 0.6) is 5.75 Å². The number of hydrogen-bond acceptors (Lipinski definition) is 7. The quantitative estimate of drug-likeness (QED) is 0.113. The average molecular weight is 542 g/mol. The molecule has 16 heteroatoms. The summed E-state index contributed by atoms with van der Waals surface area (Å²) >= 11 is 0. The van der Waals surface area contributed by atoms with Gasteiger partial charge in [-0.15, -0.1) is 0 Å². The summed E-state index contributed by atoms with van der Waals surface area (Å²) in [5, 5.41) is 27.0. The number of rotatable bonds is 9. The fourth-order valence-corrected chi connectivity index (χ4v) is 2.51. The molecule has 0 aromatic heterocycles. The zero-order valence-corrected chi connectivity index (χ0v) is 19.1. The SMILES string of the molecule is NC(N)=Nc1ccc(C(=O)Oc2cccc(CC(=O)N[C@@H](CC(=O)O)C(=O)O)c2)cc1.O=C(O)C(F)(F)F. The van der Waals surface area contributed by atoms with Crippen LogP contribution in [0.3, 0.4) is 0 Å². The lowest BCUT2D eigenvalue weighted by Gasteiger charge is -2.12. The van der Waals surface area contributed by atoms with Crippen molar-refractivity contribution in [1.82, 2.24) is 5.32 Å². The van der Waals surface area contributed by atoms with E-state index in [9.17, 15) is 32.3 Å². The molecule has 0 radical (unpaired) electrons. The maximum Gasteiger partial charge on any atom is 0.490 e. The third kappa shape index (κ3) is 11.5. The number of guanidine groups is 1. The number of hydrogen-bond donors (Lipinski definition) is 6. The molecule has 0 heterocycles. The lowest BCUT2D eigenvalue weighted by atomic mass is 10.1. The van der Waals surface area contributed by atoms with Crippen LogP contribution in [-0.4, -0.2) is 63.3 Å². The lowest BCUT2D eigenvalue weighted by molar-refractivity contribution is -0.192. The highest BCUT2D eigenvalue weighted by Gasteiger charge is 2.38. The second-order valence-corrected chi connectivity index (χ2v) is 7.16. The van der Waals surface area contributed by atoms with Gasteiger partial charge < -0.3 is 36.8 Å². The number of carboxylic acids is 3. The Morgan fingerprint density at radius 2 is 1.55 bits per heavy atom. The van der Waals surface area contributed by atoms with Crippen LogP contribution in [0.1, 0.15) is 22.3 Å². The van der Waals surface area contributed by atoms with Crippen LogP contribution in [-0.2, 0) is 25.6 Å². The molecule has 2 aromatic rings. The highest BCUT2D eigenvalue weighted by atomic mass is 19.4. The van der Waals surface area contributed by atoms with Gasteiger partial charge in [0.25, 0.3) is 0 Å². The third-order valence-electron chi connectivity index (χ3n) is 4.09. The molecule has 0 aliphatic carbocycles. The van der Waals surface area contributed by atoms with Crippen molar-refractivity contribution in [3.63, 3.8) is 0 Å². The predicted octanol–water partition coefficient (Wildman–Crippen LogP) is 1.03. The van der Waals surface area contributed by atoms with Crippen molar-refractivity contribution >= 4 is 41.4 Å². The minimum absolute atomic E-state index is 0.117. The molecule has 0 fully saturated rings. The lowest BCUT2D eigenvalue weighted by Crippen LogP contribution is -2.42. The minimum atomic E-state index is -5.08. The molecule has 204 valence electrons. The average Bonchev–Trinajstić information content (AvgIpc) is 2.78. The maximum atomic E-state index is 12.3. The standard InChI is InChI=1S/C20H20N4O7.C2HF3O2/c21-20(22)23-13-6-4-12(5-7-13)19(30)31-14-3-1-2-11(8-14)9-16(25)24-15(18(28)29)10-17(26)27;3-2(4,5)1(6)7/h1-8,15H,9-10H2,(H,24,25)(H,26,27)(H,28,29)(H4,21,22,23);(H,6,7)/t15-;/m0./s1. The van der Waals surface area contributed by atoms with E-state index in [0.717, 1.165) is 0 Å². The number of aliphatic carboxylic acids is 3. The molecule has 0 unspecified atom stereocenters. The van der Waals surface area contributed by atoms with Gasteiger partial charge in [-0.2, -0.15) is 13.2 Å². The van der Waals surface area contributed by atoms with E-state index in [1.165, 1.54) is 36.4 Å². The summed E-state index contributed by atoms with van der Waals surface area (Å²) in [5.41, 5.74) is 11.7. The molecule has 13 nitrogen and oxygen atoms in total. The van der Waals surface area contributed by atoms with Crippen LogP contribution >= 0.6 is 0 Å². The van der Waals surface area contributed by atoms with E-state index in [-0.39, 0.29) is 23.7 Å². The number of amides is 1. The number of halogens is 3. The second kappa shape index (κ2) is 13.8. The van der Waals surface area contributed by atoms with E-state index >= 15 is 0 Å². The van der Waals surface area contributed by atoms with Crippen molar-refractivity contribution in [1.29, 1.82) is 0 Å². The summed E-state index contributed by atoms with van der Waals surface area (Å²) in [7, 11) is 0. The van der Waals surface area contributed by atoms with Crippen LogP contribution in [0.4, 0.5) is 18.9 Å². The van der Waals surface area contributed by atoms with Gasteiger partial charge in [0.2, 0.25) is 5.91 Å². The van der Waals surface area contributed by atoms with Gasteiger partial charge in [0.05, 0.1) is 24.1 Å². The molecular formula is C22H21F3N4O9. The summed E-state index contributed by atoms with van der Waals surface area (Å²) in [6.45, 7) is 0. The van der Waals surface area contributed by atoms with Gasteiger partial charge in [-0.05, 0) is 42.0 Å². The summed E-state index contributed by atoms with van der Waals surface area (Å²) < 4.78 is 37.0. The van der Waals surface area contributed by atoms with Gasteiger partial charge in [0.15, 0.2) is 5.96 Å². The fraction of sp³-hybridized carbons (Fsp3) is 0.182. The molecule has 1 amide bonds. The van der Waals surface area contributed by atoms with E-state index in [1.54, 1.807) is 12.1 Å². The molecule has 0 bridgehead atoms. The summed E-state index contributed by atoms with van der Waals surface area (Å²) in [6.07, 6.45) is -6.07. The van der Waals surface area contributed by atoms with Crippen molar-refractivity contribution in [3.8, 4) is 5.75 Å². The highest BCUT2D eigenvalue weighted by molar-refractivity contribution is 5.92. The number of carbonyl (C=O) groups is 5. The minimum Gasteiger partial charge on any atom is -0.481 e. The van der Waals surface area contributed by atoms with Crippen LogP contribution < -0.4 is 21.5 Å². The zero-order valence-electron chi connectivity index (χ0n) is 19.1. The van der Waals surface area contributed by atoms with E-state index in [1.807, 2.05) is 0 Å². The Labute approximate surface area is 211 Å². The van der Waals surface area contributed by atoms with Crippen LogP contribution in [0, 0.1) is 0 Å². The van der Waals surface area contributed by atoms with Gasteiger partial charge in [0.1, 0.15) is 11.8 Å². The maximum absolute atomic E-state index is 12.3. The monoisotopic (exact) mass is 542 g/mol. The molecule has 2 rings (SSSR count). The number of nitrogens with one attached hydrogen (secondary N) is 1. The normalized spacial score (nSPS) is 11.1. The Kier molecular flexibility index (Phi) is 11.2. The Balaban J connectivity index is 0.000000905. The summed E-state index contributed by atoms with van der Waals surface area (Å²) in [4.78, 5) is 58.9. The van der Waals surface area contributed by atoms with Crippen LogP contribution in [0.15, 0.2) is 53.5 Å². The Bertz CT molecular complexity index is 1210. The number of carbonyl (C=O) groups excluding carboxylic acids is 2. The smallest absolute Gasteiger partial charge is 0.481 e. The summed E-state index contributed by atoms with van der Waals surface area (Å²) in [6, 6.07) is 10.6. The van der Waals surface area contributed by atoms with Gasteiger partial charge in [-0.25, -0.2) is 19.4 Å². The number of alkyl halides is 3. The number of nitrogens with zero attached hydrogens (tertiary/aromatic N) is 1. The number of esters is 1. The molecule has 0 saturated carbocycles. The first-order chi connectivity index (χ1) is 17.6. The Morgan fingerprint density at radius 3 is 2.03 bits per heavy atom. The largest absolute Gasteiger partial charge is 0.490 e. The predicted molar refractivity (Wildman–Crippen MR) is 123 cm³/mol. The topological polar surface area (TPSA) is 232 Å². The van der Waals surface area contributed by atoms with E-state index < -0.39 is 48.4 Å². The molecule has 8 N–H and O–H groups in total. The van der Waals surface area contributed by atoms with Gasteiger partial charge in [-0.3, -0.25) is 9.59 Å². The molecule has 1 atom stereocenters. The van der Waals surface area contributed by atoms with Crippen molar-refractivity contribution in [2.75, 3.05) is 0 Å². The zero-order chi connectivity index (χ0) is 29.0. The fourth-order valence-electron chi connectivity index (χ4n) is 2.51. The number of nitrogens with two attached hydrogens (primary N) is 2. The molecule has 38 heavy (non-hydrogen) atoms. The van der Waals surface area contributed by atoms with Crippen LogP contribution in [0.25, 0.3) is 0 Å². The number of aliphatic imine (C=N–C) groups is 1. The van der Waals surface area contributed by atoms with Crippen molar-refractivity contribution in [3.05, 3.63) is 59.7 Å². The van der Waals surface area contributed by atoms with Crippen molar-refractivity contribution < 1.29 is 57.2 Å². The molecule has 0 saturated heterocycles. The Morgan fingerprint density at radius 1 is 0.974 bits per heavy atom. The first kappa shape index (κ1) is 30.9. The Hall–Kier alpha value is -5.15. The van der Waals surface area contributed by atoms with E-state index in [0.29, 0.717) is 11.3 Å². The number of carboxylic acid groups (broad SMARTS) is 3. The van der Waals surface area contributed by atoms with Gasteiger partial charge in [-0.1, -0.05) is 12.1 Å². The highest BCUT2D eigenvalue weighted by Crippen LogP contribution is 2.18. The molecule has 0 spiro atoms. The molecule has 2 aromatic carbocycles. The molecule has 0 aliphatic heterocycles. The summed E-state index contributed by atoms with van der Waals surface area (Å²) in [5.74, 6) is -6.85. The molecular weight excluding hydrogens is 521 g/mol. The van der Waals surface area contributed by atoms with Gasteiger partial charge in [0, 0.05) is 0 Å². The van der Waals surface area contributed by atoms with E-state index in [2.05, 4.69) is 10.3 Å². The molecule has 0 aliphatic rings. The van der Waals surface area contributed by atoms with Crippen LogP contribution in [0.2, 0.25) is 0 Å². The van der Waals surface area contributed by atoms with Crippen molar-refractivity contribution in [2.45, 2.75) is 25.1 Å². The van der Waals surface area contributed by atoms with E-state index in [4.69, 9.17) is 36.3 Å². The third-order valence-corrected chi connectivity index (χ3v) is 4.09. The second-order valence-electron chi connectivity index (χ2n) is 7.16.